The number of thioether (sulfide) groups is 1. The van der Waals surface area contributed by atoms with Gasteiger partial charge in [0.1, 0.15) is 5.82 Å². The molecule has 0 spiro atoms. The molecule has 0 amide bonds. The van der Waals surface area contributed by atoms with Crippen molar-refractivity contribution in [2.45, 2.75) is 19.4 Å². The Morgan fingerprint density at radius 3 is 2.81 bits per heavy atom. The molecule has 0 heterocycles. The molecule has 16 heavy (non-hydrogen) atoms. The van der Waals surface area contributed by atoms with Crippen LogP contribution in [0.2, 0.25) is 5.02 Å². The number of hydrogen-bond donors (Lipinski definition) is 1. The van der Waals surface area contributed by atoms with E-state index in [-0.39, 0.29) is 11.9 Å². The highest BCUT2D eigenvalue weighted by atomic mass is 35.5. The summed E-state index contributed by atoms with van der Waals surface area (Å²) in [6.45, 7) is 2.86. The molecule has 0 radical (unpaired) electrons. The summed E-state index contributed by atoms with van der Waals surface area (Å²) >= 11 is 7.51. The lowest BCUT2D eigenvalue weighted by atomic mass is 10.0. The van der Waals surface area contributed by atoms with Crippen molar-refractivity contribution in [3.8, 4) is 0 Å². The summed E-state index contributed by atoms with van der Waals surface area (Å²) in [5.74, 6) is 0.791. The highest BCUT2D eigenvalue weighted by Gasteiger charge is 2.14. The van der Waals surface area contributed by atoms with E-state index in [0.29, 0.717) is 10.6 Å². The van der Waals surface area contributed by atoms with Gasteiger partial charge in [-0.2, -0.15) is 11.8 Å². The van der Waals surface area contributed by atoms with E-state index in [9.17, 15) is 4.39 Å². The van der Waals surface area contributed by atoms with Gasteiger partial charge in [-0.15, -0.1) is 0 Å². The molecule has 4 heteroatoms. The molecule has 1 atom stereocenters. The van der Waals surface area contributed by atoms with Gasteiger partial charge in [0.15, 0.2) is 0 Å². The minimum atomic E-state index is -0.223. The van der Waals surface area contributed by atoms with Gasteiger partial charge in [0.25, 0.3) is 0 Å². The van der Waals surface area contributed by atoms with Crippen molar-refractivity contribution in [3.63, 3.8) is 0 Å². The van der Waals surface area contributed by atoms with E-state index < -0.39 is 0 Å². The highest BCUT2D eigenvalue weighted by Crippen LogP contribution is 2.24. The van der Waals surface area contributed by atoms with Gasteiger partial charge < -0.3 is 5.32 Å². The molecule has 0 fully saturated rings. The van der Waals surface area contributed by atoms with Crippen molar-refractivity contribution in [3.05, 3.63) is 34.6 Å². The Morgan fingerprint density at radius 2 is 2.25 bits per heavy atom. The maximum Gasteiger partial charge on any atom is 0.129 e. The molecule has 1 aromatic rings. The number of rotatable bonds is 6. The number of benzene rings is 1. The SMILES string of the molecule is CCNC(CCSC)c1ccc(Cl)cc1F. The Kier molecular flexibility index (Phi) is 6.17. The maximum atomic E-state index is 13.7. The molecule has 90 valence electrons. The van der Waals surface area contributed by atoms with Gasteiger partial charge in [-0.3, -0.25) is 0 Å². The Labute approximate surface area is 106 Å². The first kappa shape index (κ1) is 13.8. The van der Waals surface area contributed by atoms with Gasteiger partial charge in [0, 0.05) is 16.6 Å². The maximum absolute atomic E-state index is 13.7. The minimum absolute atomic E-state index is 0.0784. The summed E-state index contributed by atoms with van der Waals surface area (Å²) in [7, 11) is 0. The van der Waals surface area contributed by atoms with Gasteiger partial charge in [0.05, 0.1) is 0 Å². The van der Waals surface area contributed by atoms with Crippen molar-refractivity contribution in [2.24, 2.45) is 0 Å². The van der Waals surface area contributed by atoms with Gasteiger partial charge in [-0.25, -0.2) is 4.39 Å². The van der Waals surface area contributed by atoms with E-state index in [2.05, 4.69) is 11.6 Å². The molecule has 0 bridgehead atoms. The highest BCUT2D eigenvalue weighted by molar-refractivity contribution is 7.98. The first-order chi connectivity index (χ1) is 7.69. The molecule has 1 N–H and O–H groups in total. The minimum Gasteiger partial charge on any atom is -0.310 e. The molecular weight excluding hydrogens is 245 g/mol. The van der Waals surface area contributed by atoms with Crippen LogP contribution in [0.5, 0.6) is 0 Å². The second-order valence-electron chi connectivity index (χ2n) is 3.56. The van der Waals surface area contributed by atoms with Gasteiger partial charge in [0.2, 0.25) is 0 Å². The summed E-state index contributed by atoms with van der Waals surface area (Å²) in [5, 5.41) is 3.74. The lowest BCUT2D eigenvalue weighted by Gasteiger charge is -2.18. The lowest BCUT2D eigenvalue weighted by Crippen LogP contribution is -2.22. The van der Waals surface area contributed by atoms with E-state index in [1.807, 2.05) is 6.92 Å². The van der Waals surface area contributed by atoms with E-state index in [1.54, 1.807) is 23.9 Å². The smallest absolute Gasteiger partial charge is 0.129 e. The zero-order chi connectivity index (χ0) is 12.0. The molecule has 0 saturated carbocycles. The fourth-order valence-electron chi connectivity index (χ4n) is 1.63. The van der Waals surface area contributed by atoms with Gasteiger partial charge in [-0.1, -0.05) is 24.6 Å². The van der Waals surface area contributed by atoms with E-state index in [4.69, 9.17) is 11.6 Å². The zero-order valence-corrected chi connectivity index (χ0v) is 11.2. The second-order valence-corrected chi connectivity index (χ2v) is 4.98. The average molecular weight is 262 g/mol. The molecule has 1 nitrogen and oxygen atoms in total. The van der Waals surface area contributed by atoms with Crippen molar-refractivity contribution in [1.82, 2.24) is 5.32 Å². The largest absolute Gasteiger partial charge is 0.310 e. The van der Waals surface area contributed by atoms with Crippen molar-refractivity contribution in [1.29, 1.82) is 0 Å². The Balaban J connectivity index is 2.82. The molecule has 0 aliphatic heterocycles. The molecule has 1 aromatic carbocycles. The number of nitrogens with one attached hydrogen (secondary N) is 1. The third kappa shape index (κ3) is 3.96. The molecule has 1 rings (SSSR count). The molecule has 0 aliphatic rings. The Bertz CT molecular complexity index is 333. The molecule has 0 aliphatic carbocycles. The monoisotopic (exact) mass is 261 g/mol. The predicted octanol–water partition coefficient (Wildman–Crippen LogP) is 3.88. The zero-order valence-electron chi connectivity index (χ0n) is 9.59. The lowest BCUT2D eigenvalue weighted by molar-refractivity contribution is 0.504. The van der Waals surface area contributed by atoms with E-state index >= 15 is 0 Å². The first-order valence-corrected chi connectivity index (χ1v) is 7.13. The van der Waals surface area contributed by atoms with Crippen LogP contribution in [-0.2, 0) is 0 Å². The third-order valence-electron chi connectivity index (χ3n) is 2.40. The summed E-state index contributed by atoms with van der Waals surface area (Å²) in [4.78, 5) is 0. The van der Waals surface area contributed by atoms with Crippen LogP contribution in [-0.4, -0.2) is 18.6 Å². The average Bonchev–Trinajstić information content (AvgIpc) is 2.25. The standard InChI is InChI=1S/C12H17ClFNS/c1-3-15-12(6-7-16-2)10-5-4-9(13)8-11(10)14/h4-5,8,12,15H,3,6-7H2,1-2H3. The Morgan fingerprint density at radius 1 is 1.50 bits per heavy atom. The predicted molar refractivity (Wildman–Crippen MR) is 70.8 cm³/mol. The van der Waals surface area contributed by atoms with E-state index in [0.717, 1.165) is 18.7 Å². The fourth-order valence-corrected chi connectivity index (χ4v) is 2.26. The number of hydrogen-bond acceptors (Lipinski definition) is 2. The Hall–Kier alpha value is -0.250. The summed E-state index contributed by atoms with van der Waals surface area (Å²) in [5.41, 5.74) is 0.709. The fraction of sp³-hybridized carbons (Fsp3) is 0.500. The first-order valence-electron chi connectivity index (χ1n) is 5.36. The van der Waals surface area contributed by atoms with Gasteiger partial charge >= 0.3 is 0 Å². The van der Waals surface area contributed by atoms with Crippen LogP contribution in [0.4, 0.5) is 4.39 Å². The van der Waals surface area contributed by atoms with Crippen LogP contribution in [0.1, 0.15) is 24.9 Å². The topological polar surface area (TPSA) is 12.0 Å². The van der Waals surface area contributed by atoms with Crippen molar-refractivity contribution >= 4 is 23.4 Å². The van der Waals surface area contributed by atoms with Crippen LogP contribution >= 0.6 is 23.4 Å². The van der Waals surface area contributed by atoms with Gasteiger partial charge in [-0.05, 0) is 37.1 Å². The van der Waals surface area contributed by atoms with Crippen LogP contribution in [0.25, 0.3) is 0 Å². The molecule has 0 aromatic heterocycles. The van der Waals surface area contributed by atoms with Crippen LogP contribution in [0, 0.1) is 5.82 Å². The second kappa shape index (κ2) is 7.15. The van der Waals surface area contributed by atoms with Crippen LogP contribution < -0.4 is 5.32 Å². The molecule has 0 saturated heterocycles. The van der Waals surface area contributed by atoms with Crippen molar-refractivity contribution in [2.75, 3.05) is 18.6 Å². The summed E-state index contributed by atoms with van der Waals surface area (Å²) in [6, 6.07) is 4.96. The van der Waals surface area contributed by atoms with Crippen LogP contribution in [0.15, 0.2) is 18.2 Å². The van der Waals surface area contributed by atoms with Crippen LogP contribution in [0.3, 0.4) is 0 Å². The van der Waals surface area contributed by atoms with E-state index in [1.165, 1.54) is 6.07 Å². The quantitative estimate of drug-likeness (QED) is 0.834. The summed E-state index contributed by atoms with van der Waals surface area (Å²) < 4.78 is 13.7. The summed E-state index contributed by atoms with van der Waals surface area (Å²) in [6.07, 6.45) is 2.98. The molecule has 1 unspecified atom stereocenters. The normalized spacial score (nSPS) is 12.8. The molecular formula is C12H17ClFNS. The third-order valence-corrected chi connectivity index (χ3v) is 3.28. The van der Waals surface area contributed by atoms with Crippen molar-refractivity contribution < 1.29 is 4.39 Å². The number of halogens is 2.